The Morgan fingerprint density at radius 3 is 2.89 bits per heavy atom. The van der Waals surface area contributed by atoms with Gasteiger partial charge in [0.1, 0.15) is 11.8 Å². The van der Waals surface area contributed by atoms with E-state index < -0.39 is 11.9 Å². The van der Waals surface area contributed by atoms with Crippen molar-refractivity contribution >= 4 is 11.9 Å². The van der Waals surface area contributed by atoms with Gasteiger partial charge in [0, 0.05) is 18.3 Å². The number of nitrogens with zero attached hydrogens (tertiary/aromatic N) is 4. The van der Waals surface area contributed by atoms with Crippen LogP contribution in [0.2, 0.25) is 0 Å². The van der Waals surface area contributed by atoms with Gasteiger partial charge in [-0.2, -0.15) is 5.26 Å². The number of aryl methyl sites for hydroxylation is 1. The van der Waals surface area contributed by atoms with Crippen LogP contribution in [0.25, 0.3) is 0 Å². The zero-order valence-electron chi connectivity index (χ0n) is 10.3. The molecule has 1 saturated heterocycles. The summed E-state index contributed by atoms with van der Waals surface area (Å²) in [4.78, 5) is 21.3. The summed E-state index contributed by atoms with van der Waals surface area (Å²) in [6, 6.07) is 3.44. The van der Waals surface area contributed by atoms with Gasteiger partial charge in [-0.05, 0) is 26.3 Å². The Morgan fingerprint density at radius 2 is 2.33 bits per heavy atom. The van der Waals surface area contributed by atoms with Gasteiger partial charge in [0.15, 0.2) is 0 Å². The number of hydrogen-bond donors (Lipinski definition) is 1. The van der Waals surface area contributed by atoms with Crippen LogP contribution in [0, 0.1) is 24.2 Å². The number of nitriles is 1. The molecule has 6 heteroatoms. The number of carboxylic acid groups (broad SMARTS) is 1. The van der Waals surface area contributed by atoms with Crippen LogP contribution in [0.15, 0.2) is 6.07 Å². The van der Waals surface area contributed by atoms with E-state index in [1.807, 2.05) is 17.9 Å². The summed E-state index contributed by atoms with van der Waals surface area (Å²) in [5.41, 5.74) is 1.02. The van der Waals surface area contributed by atoms with Crippen molar-refractivity contribution in [3.63, 3.8) is 0 Å². The first-order valence-corrected chi connectivity index (χ1v) is 5.78. The first kappa shape index (κ1) is 12.3. The zero-order chi connectivity index (χ0) is 13.3. The van der Waals surface area contributed by atoms with E-state index in [4.69, 9.17) is 10.4 Å². The molecule has 6 nitrogen and oxygen atoms in total. The Kier molecular flexibility index (Phi) is 3.15. The molecule has 2 heterocycles. The normalized spacial score (nSPS) is 22.8. The average molecular weight is 246 g/mol. The van der Waals surface area contributed by atoms with Crippen LogP contribution in [-0.4, -0.2) is 33.6 Å². The Hall–Kier alpha value is -2.16. The van der Waals surface area contributed by atoms with E-state index in [-0.39, 0.29) is 6.04 Å². The molecular weight excluding hydrogens is 232 g/mol. The summed E-state index contributed by atoms with van der Waals surface area (Å²) >= 11 is 0. The van der Waals surface area contributed by atoms with Crippen LogP contribution in [0.5, 0.6) is 0 Å². The monoisotopic (exact) mass is 246 g/mol. The lowest BCUT2D eigenvalue weighted by molar-refractivity contribution is -0.141. The van der Waals surface area contributed by atoms with Crippen LogP contribution in [-0.2, 0) is 4.79 Å². The lowest BCUT2D eigenvalue weighted by Gasteiger charge is -2.23. The molecule has 0 amide bonds. The fourth-order valence-corrected chi connectivity index (χ4v) is 2.29. The summed E-state index contributed by atoms with van der Waals surface area (Å²) < 4.78 is 0. The van der Waals surface area contributed by atoms with Crippen LogP contribution in [0.1, 0.15) is 24.7 Å². The molecule has 1 aromatic rings. The van der Waals surface area contributed by atoms with Gasteiger partial charge in [0.05, 0.1) is 5.92 Å². The Bertz CT molecular complexity index is 523. The molecular formula is C12H14N4O2. The topological polar surface area (TPSA) is 90.1 Å². The predicted molar refractivity (Wildman–Crippen MR) is 64.0 cm³/mol. The number of carboxylic acids is 1. The van der Waals surface area contributed by atoms with Crippen LogP contribution >= 0.6 is 0 Å². The van der Waals surface area contributed by atoms with Gasteiger partial charge in [0.2, 0.25) is 5.95 Å². The van der Waals surface area contributed by atoms with Crippen molar-refractivity contribution in [2.24, 2.45) is 5.92 Å². The van der Waals surface area contributed by atoms with E-state index in [9.17, 15) is 4.79 Å². The highest BCUT2D eigenvalue weighted by atomic mass is 16.4. The average Bonchev–Trinajstić information content (AvgIpc) is 2.70. The summed E-state index contributed by atoms with van der Waals surface area (Å²) in [7, 11) is 0. The molecule has 2 atom stereocenters. The van der Waals surface area contributed by atoms with Crippen molar-refractivity contribution in [3.05, 3.63) is 17.5 Å². The van der Waals surface area contributed by atoms with Crippen molar-refractivity contribution in [3.8, 4) is 6.07 Å². The summed E-state index contributed by atoms with van der Waals surface area (Å²) in [6.45, 7) is 4.25. The van der Waals surface area contributed by atoms with Gasteiger partial charge in [-0.1, -0.05) is 0 Å². The van der Waals surface area contributed by atoms with E-state index >= 15 is 0 Å². The number of anilines is 1. The number of aliphatic carboxylic acids is 1. The SMILES string of the molecule is Cc1cc(C#N)nc(N2CCC(C(=O)O)C2C)n1. The third-order valence-electron chi connectivity index (χ3n) is 3.29. The van der Waals surface area contributed by atoms with Crippen molar-refractivity contribution in [1.29, 1.82) is 5.26 Å². The van der Waals surface area contributed by atoms with E-state index in [2.05, 4.69) is 9.97 Å². The maximum atomic E-state index is 11.1. The number of rotatable bonds is 2. The fraction of sp³-hybridized carbons (Fsp3) is 0.500. The molecule has 0 spiro atoms. The second kappa shape index (κ2) is 4.61. The van der Waals surface area contributed by atoms with Crippen LogP contribution < -0.4 is 4.90 Å². The Balaban J connectivity index is 2.31. The molecule has 0 aliphatic carbocycles. The van der Waals surface area contributed by atoms with Crippen LogP contribution in [0.3, 0.4) is 0 Å². The largest absolute Gasteiger partial charge is 0.481 e. The second-order valence-corrected chi connectivity index (χ2v) is 4.47. The smallest absolute Gasteiger partial charge is 0.308 e. The third-order valence-corrected chi connectivity index (χ3v) is 3.29. The minimum Gasteiger partial charge on any atom is -0.481 e. The zero-order valence-corrected chi connectivity index (χ0v) is 10.3. The van der Waals surface area contributed by atoms with Gasteiger partial charge in [-0.15, -0.1) is 0 Å². The number of hydrogen-bond acceptors (Lipinski definition) is 5. The second-order valence-electron chi connectivity index (χ2n) is 4.47. The van der Waals surface area contributed by atoms with E-state index in [1.54, 1.807) is 13.0 Å². The maximum absolute atomic E-state index is 11.1. The minimum absolute atomic E-state index is 0.157. The quantitative estimate of drug-likeness (QED) is 0.835. The van der Waals surface area contributed by atoms with Gasteiger partial charge in [-0.3, -0.25) is 4.79 Å². The van der Waals surface area contributed by atoms with Crippen molar-refractivity contribution in [1.82, 2.24) is 9.97 Å². The first-order valence-electron chi connectivity index (χ1n) is 5.78. The highest BCUT2D eigenvalue weighted by molar-refractivity contribution is 5.72. The third kappa shape index (κ3) is 2.12. The molecule has 94 valence electrons. The van der Waals surface area contributed by atoms with Gasteiger partial charge < -0.3 is 10.0 Å². The molecule has 1 fully saturated rings. The molecule has 1 aliphatic rings. The standard InChI is InChI=1S/C12H14N4O2/c1-7-5-9(6-13)15-12(14-7)16-4-3-10(8(16)2)11(17)18/h5,8,10H,3-4H2,1-2H3,(H,17,18). The highest BCUT2D eigenvalue weighted by Gasteiger charge is 2.37. The van der Waals surface area contributed by atoms with E-state index in [0.29, 0.717) is 30.3 Å². The molecule has 0 bridgehead atoms. The summed E-state index contributed by atoms with van der Waals surface area (Å²) in [5.74, 6) is -0.749. The van der Waals surface area contributed by atoms with Crippen molar-refractivity contribution < 1.29 is 9.90 Å². The molecule has 1 N–H and O–H groups in total. The molecule has 0 saturated carbocycles. The molecule has 0 aromatic carbocycles. The molecule has 1 aromatic heterocycles. The highest BCUT2D eigenvalue weighted by Crippen LogP contribution is 2.27. The molecule has 2 rings (SSSR count). The lowest BCUT2D eigenvalue weighted by Crippen LogP contribution is -2.34. The number of aromatic nitrogens is 2. The van der Waals surface area contributed by atoms with Gasteiger partial charge in [-0.25, -0.2) is 9.97 Å². The van der Waals surface area contributed by atoms with Crippen molar-refractivity contribution in [2.45, 2.75) is 26.3 Å². The lowest BCUT2D eigenvalue weighted by atomic mass is 10.0. The maximum Gasteiger partial charge on any atom is 0.308 e. The van der Waals surface area contributed by atoms with E-state index in [1.165, 1.54) is 0 Å². The molecule has 2 unspecified atom stereocenters. The number of carbonyl (C=O) groups is 1. The summed E-state index contributed by atoms with van der Waals surface area (Å²) in [6.07, 6.45) is 0.579. The fourth-order valence-electron chi connectivity index (χ4n) is 2.29. The first-order chi connectivity index (χ1) is 8.52. The predicted octanol–water partition coefficient (Wildman–Crippen LogP) is 0.956. The molecule has 1 aliphatic heterocycles. The summed E-state index contributed by atoms with van der Waals surface area (Å²) in [5, 5.41) is 18.0. The Labute approximate surface area is 105 Å². The molecule has 18 heavy (non-hydrogen) atoms. The minimum atomic E-state index is -0.793. The van der Waals surface area contributed by atoms with Gasteiger partial charge in [0.25, 0.3) is 0 Å². The Morgan fingerprint density at radius 1 is 1.61 bits per heavy atom. The van der Waals surface area contributed by atoms with Crippen molar-refractivity contribution in [2.75, 3.05) is 11.4 Å². The van der Waals surface area contributed by atoms with Gasteiger partial charge >= 0.3 is 5.97 Å². The molecule has 0 radical (unpaired) electrons. The van der Waals surface area contributed by atoms with Crippen LogP contribution in [0.4, 0.5) is 5.95 Å². The van der Waals surface area contributed by atoms with E-state index in [0.717, 1.165) is 0 Å².